The normalized spacial score (nSPS) is 13.1. The van der Waals surface area contributed by atoms with Gasteiger partial charge in [0.15, 0.2) is 0 Å². The molecule has 0 heterocycles. The van der Waals surface area contributed by atoms with Crippen molar-refractivity contribution in [2.75, 3.05) is 6.61 Å². The van der Waals surface area contributed by atoms with Gasteiger partial charge in [0.05, 0.1) is 13.0 Å². The van der Waals surface area contributed by atoms with Gasteiger partial charge in [-0.2, -0.15) is 0 Å². The summed E-state index contributed by atoms with van der Waals surface area (Å²) in [6, 6.07) is 3.96. The van der Waals surface area contributed by atoms with Crippen molar-refractivity contribution in [1.29, 1.82) is 0 Å². The molecule has 0 bridgehead atoms. The minimum atomic E-state index is -0.178. The molecule has 0 aromatic heterocycles. The zero-order valence-corrected chi connectivity index (χ0v) is 13.4. The molecule has 3 nitrogen and oxygen atoms in total. The first-order chi connectivity index (χ1) is 9.16. The van der Waals surface area contributed by atoms with Gasteiger partial charge in [0.2, 0.25) is 0 Å². The number of rotatable bonds is 4. The molecule has 0 fully saturated rings. The van der Waals surface area contributed by atoms with Crippen LogP contribution in [0.15, 0.2) is 12.1 Å². The summed E-state index contributed by atoms with van der Waals surface area (Å²) in [7, 11) is 0. The molecule has 0 radical (unpaired) electrons. The molecule has 0 aliphatic heterocycles. The van der Waals surface area contributed by atoms with Crippen LogP contribution < -0.4 is 0 Å². The lowest BCUT2D eigenvalue weighted by Crippen LogP contribution is -2.14. The molecule has 0 aliphatic carbocycles. The predicted octanol–water partition coefficient (Wildman–Crippen LogP) is 4.05. The zero-order chi connectivity index (χ0) is 15.5. The smallest absolute Gasteiger partial charge is 0.306 e. The van der Waals surface area contributed by atoms with Gasteiger partial charge in [-0.25, -0.2) is 0 Å². The van der Waals surface area contributed by atoms with E-state index in [1.165, 1.54) is 0 Å². The molecule has 1 aromatic carbocycles. The highest BCUT2D eigenvalue weighted by molar-refractivity contribution is 5.70. The van der Waals surface area contributed by atoms with Crippen molar-refractivity contribution in [2.45, 2.75) is 59.3 Å². The van der Waals surface area contributed by atoms with Crippen molar-refractivity contribution in [3.8, 4) is 5.75 Å². The molecular weight excluding hydrogens is 252 g/mol. The van der Waals surface area contributed by atoms with Crippen LogP contribution in [0.2, 0.25) is 0 Å². The number of aromatic hydroxyl groups is 1. The van der Waals surface area contributed by atoms with Crippen molar-refractivity contribution in [3.05, 3.63) is 28.8 Å². The number of carbonyl (C=O) groups excluding carboxylic acids is 1. The number of hydrogen-bond acceptors (Lipinski definition) is 3. The van der Waals surface area contributed by atoms with Gasteiger partial charge in [-0.15, -0.1) is 0 Å². The Morgan fingerprint density at radius 3 is 2.45 bits per heavy atom. The Morgan fingerprint density at radius 1 is 1.35 bits per heavy atom. The number of esters is 1. The Balaban J connectivity index is 3.08. The Morgan fingerprint density at radius 2 is 1.95 bits per heavy atom. The SMILES string of the molecule is CCOC(=O)CC(C)c1cc(C)c(O)c(C(C)(C)C)c1. The lowest BCUT2D eigenvalue weighted by atomic mass is 9.82. The van der Waals surface area contributed by atoms with Crippen molar-refractivity contribution >= 4 is 5.97 Å². The van der Waals surface area contributed by atoms with E-state index in [-0.39, 0.29) is 17.3 Å². The van der Waals surface area contributed by atoms with Crippen molar-refractivity contribution < 1.29 is 14.6 Å². The highest BCUT2D eigenvalue weighted by Gasteiger charge is 2.22. The molecule has 0 aliphatic rings. The van der Waals surface area contributed by atoms with E-state index >= 15 is 0 Å². The van der Waals surface area contributed by atoms with Gasteiger partial charge in [-0.3, -0.25) is 4.79 Å². The summed E-state index contributed by atoms with van der Waals surface area (Å²) in [5.74, 6) is 0.252. The van der Waals surface area contributed by atoms with Crippen LogP contribution in [0.4, 0.5) is 0 Å². The van der Waals surface area contributed by atoms with E-state index in [9.17, 15) is 9.90 Å². The molecule has 0 saturated heterocycles. The molecule has 1 aromatic rings. The summed E-state index contributed by atoms with van der Waals surface area (Å²) in [6.07, 6.45) is 0.363. The molecule has 1 N–H and O–H groups in total. The monoisotopic (exact) mass is 278 g/mol. The van der Waals surface area contributed by atoms with Gasteiger partial charge in [0.1, 0.15) is 5.75 Å². The second-order valence-electron chi connectivity index (χ2n) is 6.39. The number of hydrogen-bond donors (Lipinski definition) is 1. The summed E-state index contributed by atoms with van der Waals surface area (Å²) in [5, 5.41) is 10.2. The molecule has 3 heteroatoms. The van der Waals surface area contributed by atoms with E-state index < -0.39 is 0 Å². The van der Waals surface area contributed by atoms with Crippen LogP contribution in [0.25, 0.3) is 0 Å². The van der Waals surface area contributed by atoms with Crippen LogP contribution in [0.1, 0.15) is 63.6 Å². The Bertz CT molecular complexity index is 484. The van der Waals surface area contributed by atoms with Crippen molar-refractivity contribution in [3.63, 3.8) is 0 Å². The third kappa shape index (κ3) is 3.99. The minimum Gasteiger partial charge on any atom is -0.507 e. The van der Waals surface area contributed by atoms with Gasteiger partial charge in [0.25, 0.3) is 0 Å². The van der Waals surface area contributed by atoms with Gasteiger partial charge in [-0.1, -0.05) is 39.8 Å². The summed E-state index contributed by atoms with van der Waals surface area (Å²) < 4.78 is 5.00. The fourth-order valence-electron chi connectivity index (χ4n) is 2.25. The first-order valence-electron chi connectivity index (χ1n) is 7.16. The van der Waals surface area contributed by atoms with Crippen LogP contribution in [-0.2, 0) is 14.9 Å². The summed E-state index contributed by atoms with van der Waals surface area (Å²) in [5.41, 5.74) is 2.71. The van der Waals surface area contributed by atoms with Crippen LogP contribution in [0.3, 0.4) is 0 Å². The zero-order valence-electron chi connectivity index (χ0n) is 13.4. The standard InChI is InChI=1S/C17H26O3/c1-7-20-15(18)9-11(2)13-8-12(3)16(19)14(10-13)17(4,5)6/h8,10-11,19H,7,9H2,1-6H3. The van der Waals surface area contributed by atoms with Crippen LogP contribution in [-0.4, -0.2) is 17.7 Å². The summed E-state index contributed by atoms with van der Waals surface area (Å²) in [4.78, 5) is 11.6. The number of phenols is 1. The second-order valence-corrected chi connectivity index (χ2v) is 6.39. The molecule has 1 rings (SSSR count). The van der Waals surface area contributed by atoms with E-state index in [1.54, 1.807) is 0 Å². The second kappa shape index (κ2) is 6.29. The number of ether oxygens (including phenoxy) is 1. The molecule has 20 heavy (non-hydrogen) atoms. The maximum Gasteiger partial charge on any atom is 0.306 e. The van der Waals surface area contributed by atoms with E-state index in [1.807, 2.05) is 32.9 Å². The summed E-state index contributed by atoms with van der Waals surface area (Å²) in [6.45, 7) is 12.3. The van der Waals surface area contributed by atoms with E-state index in [0.29, 0.717) is 18.8 Å². The molecule has 1 atom stereocenters. The highest BCUT2D eigenvalue weighted by Crippen LogP contribution is 2.36. The van der Waals surface area contributed by atoms with Crippen LogP contribution in [0, 0.1) is 6.92 Å². The molecule has 112 valence electrons. The molecule has 0 amide bonds. The van der Waals surface area contributed by atoms with Gasteiger partial charge < -0.3 is 9.84 Å². The van der Waals surface area contributed by atoms with Crippen molar-refractivity contribution in [1.82, 2.24) is 0 Å². The molecular formula is C17H26O3. The van der Waals surface area contributed by atoms with E-state index in [0.717, 1.165) is 16.7 Å². The topological polar surface area (TPSA) is 46.5 Å². The van der Waals surface area contributed by atoms with Gasteiger partial charge >= 0.3 is 5.97 Å². The van der Waals surface area contributed by atoms with Crippen LogP contribution >= 0.6 is 0 Å². The summed E-state index contributed by atoms with van der Waals surface area (Å²) >= 11 is 0. The Hall–Kier alpha value is -1.51. The average Bonchev–Trinajstić information content (AvgIpc) is 2.30. The Kier molecular flexibility index (Phi) is 5.21. The van der Waals surface area contributed by atoms with Crippen molar-refractivity contribution in [2.24, 2.45) is 0 Å². The first-order valence-corrected chi connectivity index (χ1v) is 7.16. The Labute approximate surface area is 122 Å². The molecule has 0 saturated carbocycles. The third-order valence-corrected chi connectivity index (χ3v) is 3.48. The lowest BCUT2D eigenvalue weighted by Gasteiger charge is -2.24. The largest absolute Gasteiger partial charge is 0.507 e. The third-order valence-electron chi connectivity index (χ3n) is 3.48. The maximum absolute atomic E-state index is 11.6. The number of carbonyl (C=O) groups is 1. The van der Waals surface area contributed by atoms with E-state index in [2.05, 4.69) is 20.8 Å². The number of aryl methyl sites for hydroxylation is 1. The number of benzene rings is 1. The van der Waals surface area contributed by atoms with Crippen LogP contribution in [0.5, 0.6) is 5.75 Å². The van der Waals surface area contributed by atoms with Gasteiger partial charge in [0, 0.05) is 0 Å². The maximum atomic E-state index is 11.6. The fourth-order valence-corrected chi connectivity index (χ4v) is 2.25. The first kappa shape index (κ1) is 16.5. The molecule has 0 spiro atoms. The lowest BCUT2D eigenvalue weighted by molar-refractivity contribution is -0.143. The average molecular weight is 278 g/mol. The van der Waals surface area contributed by atoms with E-state index in [4.69, 9.17) is 4.74 Å². The predicted molar refractivity (Wildman–Crippen MR) is 81.2 cm³/mol. The fraction of sp³-hybridized carbons (Fsp3) is 0.588. The van der Waals surface area contributed by atoms with Gasteiger partial charge in [-0.05, 0) is 41.9 Å². The minimum absolute atomic E-state index is 0.0782. The number of phenolic OH excluding ortho intramolecular Hbond substituents is 1. The molecule has 1 unspecified atom stereocenters. The highest BCUT2D eigenvalue weighted by atomic mass is 16.5. The quantitative estimate of drug-likeness (QED) is 0.845.